The van der Waals surface area contributed by atoms with Crippen LogP contribution in [0.4, 0.5) is 0 Å². The quantitative estimate of drug-likeness (QED) is 0.654. The van der Waals surface area contributed by atoms with Gasteiger partial charge in [-0.1, -0.05) is 25.5 Å². The van der Waals surface area contributed by atoms with Crippen molar-refractivity contribution in [2.24, 2.45) is 17.3 Å². The summed E-state index contributed by atoms with van der Waals surface area (Å²) in [7, 11) is 6.21. The molecule has 2 fully saturated rings. The third kappa shape index (κ3) is 3.88. The van der Waals surface area contributed by atoms with Crippen molar-refractivity contribution in [1.29, 1.82) is 0 Å². The lowest BCUT2D eigenvalue weighted by Gasteiger charge is -2.46. The lowest BCUT2D eigenvalue weighted by molar-refractivity contribution is -0.142. The van der Waals surface area contributed by atoms with Crippen LogP contribution < -0.4 is 0 Å². The lowest BCUT2D eigenvalue weighted by atomic mass is 9.60. The van der Waals surface area contributed by atoms with Gasteiger partial charge in [-0.3, -0.25) is 9.78 Å². The van der Waals surface area contributed by atoms with Gasteiger partial charge in [0.1, 0.15) is 0 Å². The highest BCUT2D eigenvalue weighted by molar-refractivity contribution is 5.82. The van der Waals surface area contributed by atoms with Crippen LogP contribution in [0.2, 0.25) is 0 Å². The minimum absolute atomic E-state index is 0.160. The van der Waals surface area contributed by atoms with Crippen molar-refractivity contribution in [3.8, 4) is 0 Å². The minimum atomic E-state index is 0.160. The fraction of sp³-hybridized carbons (Fsp3) is 0.630. The first-order valence-electron chi connectivity index (χ1n) is 12.0. The molecular formula is C27H39N3O. The number of pyridine rings is 1. The second kappa shape index (κ2) is 8.54. The Kier molecular flexibility index (Phi) is 6.13. The van der Waals surface area contributed by atoms with Crippen molar-refractivity contribution in [2.45, 2.75) is 70.9 Å². The zero-order chi connectivity index (χ0) is 22.3. The molecule has 1 aromatic heterocycles. The van der Waals surface area contributed by atoms with E-state index in [2.05, 4.69) is 69.0 Å². The monoisotopic (exact) mass is 421 g/mol. The van der Waals surface area contributed by atoms with E-state index in [4.69, 9.17) is 0 Å². The van der Waals surface area contributed by atoms with Crippen molar-refractivity contribution in [1.82, 2.24) is 14.8 Å². The first-order valence-corrected chi connectivity index (χ1v) is 12.0. The average Bonchev–Trinajstić information content (AvgIpc) is 3.13. The molecule has 2 aliphatic carbocycles. The second-order valence-electron chi connectivity index (χ2n) is 10.6. The highest BCUT2D eigenvalue weighted by Gasteiger charge is 2.53. The molecule has 0 saturated heterocycles. The standard InChI is InChI=1S/C27H39N3O/c1-18(29(4)5)19(2)30(6)26(31)23-8-7-14-27(3)24(11-12-25(23)27)21-10-9-20-13-15-28-17-22(20)16-21/h9-10,13,15-19,23-25H,7-8,11-12,14H2,1-6H3/t18-,19+,23-,24-,25+,27-/m1/s1. The predicted octanol–water partition coefficient (Wildman–Crippen LogP) is 5.33. The summed E-state index contributed by atoms with van der Waals surface area (Å²) in [5.41, 5.74) is 1.63. The Morgan fingerprint density at radius 2 is 1.84 bits per heavy atom. The van der Waals surface area contributed by atoms with Crippen LogP contribution in [0.3, 0.4) is 0 Å². The highest BCUT2D eigenvalue weighted by atomic mass is 16.2. The van der Waals surface area contributed by atoms with Crippen LogP contribution in [0.1, 0.15) is 64.4 Å². The molecule has 168 valence electrons. The van der Waals surface area contributed by atoms with Crippen molar-refractivity contribution >= 4 is 16.7 Å². The smallest absolute Gasteiger partial charge is 0.226 e. The number of amides is 1. The third-order valence-electron chi connectivity index (χ3n) is 8.98. The van der Waals surface area contributed by atoms with Crippen molar-refractivity contribution in [3.63, 3.8) is 0 Å². The maximum Gasteiger partial charge on any atom is 0.226 e. The number of benzene rings is 1. The summed E-state index contributed by atoms with van der Waals surface area (Å²) in [6, 6.07) is 9.54. The zero-order valence-corrected chi connectivity index (χ0v) is 20.1. The van der Waals surface area contributed by atoms with Crippen LogP contribution in [-0.2, 0) is 4.79 Å². The molecule has 4 rings (SSSR count). The van der Waals surface area contributed by atoms with E-state index in [1.807, 2.05) is 24.3 Å². The second-order valence-corrected chi connectivity index (χ2v) is 10.6. The van der Waals surface area contributed by atoms with Crippen LogP contribution in [0.25, 0.3) is 10.8 Å². The maximum absolute atomic E-state index is 13.7. The van der Waals surface area contributed by atoms with Gasteiger partial charge in [0.15, 0.2) is 0 Å². The van der Waals surface area contributed by atoms with Gasteiger partial charge in [-0.25, -0.2) is 0 Å². The Morgan fingerprint density at radius 1 is 1.06 bits per heavy atom. The van der Waals surface area contributed by atoms with Gasteiger partial charge in [0.05, 0.1) is 0 Å². The van der Waals surface area contributed by atoms with Crippen LogP contribution >= 0.6 is 0 Å². The van der Waals surface area contributed by atoms with E-state index in [0.717, 1.165) is 19.3 Å². The van der Waals surface area contributed by atoms with Gasteiger partial charge in [-0.15, -0.1) is 0 Å². The molecule has 0 spiro atoms. The maximum atomic E-state index is 13.7. The number of hydrogen-bond acceptors (Lipinski definition) is 3. The lowest BCUT2D eigenvalue weighted by Crippen LogP contribution is -2.51. The molecule has 2 saturated carbocycles. The molecule has 0 aliphatic heterocycles. The van der Waals surface area contributed by atoms with Gasteiger partial charge in [0, 0.05) is 42.8 Å². The zero-order valence-electron chi connectivity index (χ0n) is 20.1. The number of fused-ring (bicyclic) bond motifs is 2. The van der Waals surface area contributed by atoms with E-state index in [1.165, 1.54) is 29.2 Å². The van der Waals surface area contributed by atoms with Gasteiger partial charge < -0.3 is 9.80 Å². The normalized spacial score (nSPS) is 30.2. The Labute approximate surface area is 188 Å². The van der Waals surface area contributed by atoms with E-state index >= 15 is 0 Å². The molecule has 4 heteroatoms. The third-order valence-corrected chi connectivity index (χ3v) is 8.98. The summed E-state index contributed by atoms with van der Waals surface area (Å²) in [5.74, 6) is 1.53. The predicted molar refractivity (Wildman–Crippen MR) is 128 cm³/mol. The molecule has 1 heterocycles. The largest absolute Gasteiger partial charge is 0.341 e. The summed E-state index contributed by atoms with van der Waals surface area (Å²) in [6.45, 7) is 6.86. The fourth-order valence-electron chi connectivity index (χ4n) is 6.57. The van der Waals surface area contributed by atoms with Gasteiger partial charge in [-0.2, -0.15) is 0 Å². The van der Waals surface area contributed by atoms with Crippen LogP contribution in [0.15, 0.2) is 36.7 Å². The molecule has 4 nitrogen and oxygen atoms in total. The molecule has 31 heavy (non-hydrogen) atoms. The van der Waals surface area contributed by atoms with Gasteiger partial charge in [0.2, 0.25) is 5.91 Å². The van der Waals surface area contributed by atoms with Crippen LogP contribution in [-0.4, -0.2) is 53.9 Å². The average molecular weight is 422 g/mol. The summed E-state index contributed by atoms with van der Waals surface area (Å²) < 4.78 is 0. The summed E-state index contributed by atoms with van der Waals surface area (Å²) in [5, 5.41) is 2.47. The molecular weight excluding hydrogens is 382 g/mol. The molecule has 0 N–H and O–H groups in total. The molecule has 2 aliphatic rings. The summed E-state index contributed by atoms with van der Waals surface area (Å²) in [4.78, 5) is 22.2. The number of carbonyl (C=O) groups is 1. The molecule has 2 aromatic rings. The van der Waals surface area contributed by atoms with Gasteiger partial charge in [-0.05, 0) is 94.0 Å². The number of likely N-dealkylation sites (N-methyl/N-ethyl adjacent to an activating group) is 2. The Balaban J connectivity index is 1.58. The van der Waals surface area contributed by atoms with Crippen molar-refractivity contribution in [2.75, 3.05) is 21.1 Å². The highest BCUT2D eigenvalue weighted by Crippen LogP contribution is 2.61. The van der Waals surface area contributed by atoms with Crippen molar-refractivity contribution in [3.05, 3.63) is 42.2 Å². The molecule has 6 atom stereocenters. The number of aromatic nitrogens is 1. The Bertz CT molecular complexity index is 941. The van der Waals surface area contributed by atoms with Gasteiger partial charge >= 0.3 is 0 Å². The molecule has 1 amide bonds. The number of carbonyl (C=O) groups excluding carboxylic acids is 1. The number of nitrogens with zero attached hydrogens (tertiary/aromatic N) is 3. The fourth-order valence-corrected chi connectivity index (χ4v) is 6.57. The van der Waals surface area contributed by atoms with E-state index in [-0.39, 0.29) is 17.4 Å². The van der Waals surface area contributed by atoms with Crippen molar-refractivity contribution < 1.29 is 4.79 Å². The Morgan fingerprint density at radius 3 is 2.58 bits per heavy atom. The van der Waals surface area contributed by atoms with E-state index in [0.29, 0.717) is 23.8 Å². The SMILES string of the molecule is C[C@H]([C@H](C)N(C)C(=O)[C@@H]1CCC[C@]2(C)[C@@H](c3ccc4ccncc4c3)CC[C@@H]12)N(C)C. The molecule has 0 unspecified atom stereocenters. The summed E-state index contributed by atoms with van der Waals surface area (Å²) in [6.07, 6.45) is 9.61. The van der Waals surface area contributed by atoms with E-state index in [9.17, 15) is 4.79 Å². The summed E-state index contributed by atoms with van der Waals surface area (Å²) >= 11 is 0. The van der Waals surface area contributed by atoms with Crippen LogP contribution in [0.5, 0.6) is 0 Å². The Hall–Kier alpha value is -1.94. The molecule has 0 radical (unpaired) electrons. The minimum Gasteiger partial charge on any atom is -0.341 e. The number of rotatable bonds is 5. The van der Waals surface area contributed by atoms with E-state index < -0.39 is 0 Å². The van der Waals surface area contributed by atoms with E-state index in [1.54, 1.807) is 0 Å². The molecule has 1 aromatic carbocycles. The number of hydrogen-bond donors (Lipinski definition) is 0. The molecule has 0 bridgehead atoms. The first kappa shape index (κ1) is 22.3. The first-order chi connectivity index (χ1) is 14.7. The topological polar surface area (TPSA) is 36.4 Å². The van der Waals surface area contributed by atoms with Gasteiger partial charge in [0.25, 0.3) is 0 Å². The van der Waals surface area contributed by atoms with Crippen LogP contribution in [0, 0.1) is 17.3 Å².